The maximum absolute atomic E-state index is 13.9. The second kappa shape index (κ2) is 12.1. The molecule has 1 heterocycles. The average molecular weight is 626 g/mol. The fourth-order valence-electron chi connectivity index (χ4n) is 5.74. The van der Waals surface area contributed by atoms with Gasteiger partial charge in [0.15, 0.2) is 0 Å². The lowest BCUT2D eigenvalue weighted by Crippen LogP contribution is -2.45. The number of hydrazone groups is 1. The monoisotopic (exact) mass is 625 g/mol. The van der Waals surface area contributed by atoms with Gasteiger partial charge in [0, 0.05) is 27.2 Å². The SMILES string of the molecule is COC(C)(c1ccc(C(F)(F)F)cc1CN(Cc1cc(C(F)(F)F)cc(C(F)(F)F)c1)C1=NNN(C)N1)C1CCCCC1. The number of benzene rings is 2. The average Bonchev–Trinajstić information content (AvgIpc) is 3.37. The summed E-state index contributed by atoms with van der Waals surface area (Å²) in [5, 5.41) is 5.30. The van der Waals surface area contributed by atoms with Crippen LogP contribution in [0, 0.1) is 5.92 Å². The standard InChI is InChI=1S/C28H32F9N5O/c1-25(43-3,19-7-5-4-6-8-19)23-10-9-20(26(29,30)31)13-18(23)16-42(24-38-40-41(2)39-24)15-17-11-21(27(32,33)34)14-22(12-17)28(35,36)37/h9-14,19,40H,4-8,15-16H2,1-3H3,(H,38,39). The van der Waals surface area contributed by atoms with Crippen LogP contribution in [-0.2, 0) is 42.0 Å². The number of hydrogen-bond acceptors (Lipinski definition) is 6. The second-order valence-electron chi connectivity index (χ2n) is 11.0. The zero-order valence-corrected chi connectivity index (χ0v) is 23.6. The van der Waals surface area contributed by atoms with Gasteiger partial charge in [0.1, 0.15) is 0 Å². The lowest BCUT2D eigenvalue weighted by atomic mass is 9.73. The molecule has 2 aliphatic rings. The molecule has 6 nitrogen and oxygen atoms in total. The van der Waals surface area contributed by atoms with Gasteiger partial charge in [-0.05, 0) is 72.7 Å². The summed E-state index contributed by atoms with van der Waals surface area (Å²) >= 11 is 0. The van der Waals surface area contributed by atoms with Gasteiger partial charge in [0.2, 0.25) is 5.96 Å². The van der Waals surface area contributed by atoms with E-state index < -0.39 is 47.4 Å². The minimum Gasteiger partial charge on any atom is -0.374 e. The Hall–Kier alpha value is -3.20. The van der Waals surface area contributed by atoms with Gasteiger partial charge in [-0.15, -0.1) is 10.2 Å². The van der Waals surface area contributed by atoms with E-state index in [4.69, 9.17) is 4.74 Å². The van der Waals surface area contributed by atoms with Crippen LogP contribution >= 0.6 is 0 Å². The summed E-state index contributed by atoms with van der Waals surface area (Å²) in [4.78, 5) is 1.28. The molecule has 2 N–H and O–H groups in total. The quantitative estimate of drug-likeness (QED) is 0.314. The number of ether oxygens (including phenoxy) is 1. The van der Waals surface area contributed by atoms with E-state index in [2.05, 4.69) is 16.1 Å². The molecule has 1 saturated carbocycles. The normalized spacial score (nSPS) is 18.6. The molecular weight excluding hydrogens is 593 g/mol. The Morgan fingerprint density at radius 2 is 1.42 bits per heavy atom. The Labute approximate surface area is 242 Å². The Morgan fingerprint density at radius 3 is 1.91 bits per heavy atom. The van der Waals surface area contributed by atoms with Gasteiger partial charge >= 0.3 is 18.5 Å². The maximum atomic E-state index is 13.9. The molecule has 1 atom stereocenters. The first-order chi connectivity index (χ1) is 19.9. The predicted octanol–water partition coefficient (Wildman–Crippen LogP) is 7.41. The zero-order chi connectivity index (χ0) is 31.8. The van der Waals surface area contributed by atoms with E-state index in [0.717, 1.165) is 44.2 Å². The molecule has 0 radical (unpaired) electrons. The molecule has 238 valence electrons. The van der Waals surface area contributed by atoms with Crippen molar-refractivity contribution in [2.45, 2.75) is 76.2 Å². The summed E-state index contributed by atoms with van der Waals surface area (Å²) in [6, 6.07) is 4.43. The molecule has 43 heavy (non-hydrogen) atoms. The van der Waals surface area contributed by atoms with Gasteiger partial charge in [-0.1, -0.05) is 25.3 Å². The largest absolute Gasteiger partial charge is 0.416 e. The predicted molar refractivity (Wildman–Crippen MR) is 140 cm³/mol. The molecule has 4 rings (SSSR count). The van der Waals surface area contributed by atoms with Crippen molar-refractivity contribution in [1.29, 1.82) is 0 Å². The van der Waals surface area contributed by atoms with Crippen LogP contribution < -0.4 is 11.0 Å². The minimum absolute atomic E-state index is 0.0198. The molecule has 15 heteroatoms. The number of methoxy groups -OCH3 is 1. The summed E-state index contributed by atoms with van der Waals surface area (Å²) in [6.45, 7) is 0.906. The molecule has 2 aromatic carbocycles. The van der Waals surface area contributed by atoms with Crippen molar-refractivity contribution < 1.29 is 44.3 Å². The van der Waals surface area contributed by atoms with E-state index in [9.17, 15) is 39.5 Å². The van der Waals surface area contributed by atoms with Gasteiger partial charge in [-0.2, -0.15) is 39.5 Å². The van der Waals surface area contributed by atoms with Crippen molar-refractivity contribution in [2.75, 3.05) is 14.2 Å². The minimum atomic E-state index is -5.07. The van der Waals surface area contributed by atoms with Crippen molar-refractivity contribution in [3.05, 3.63) is 69.8 Å². The van der Waals surface area contributed by atoms with E-state index >= 15 is 0 Å². The third-order valence-corrected chi connectivity index (χ3v) is 8.03. The number of halogens is 9. The highest BCUT2D eigenvalue weighted by atomic mass is 19.4. The van der Waals surface area contributed by atoms with Crippen LogP contribution in [0.4, 0.5) is 39.5 Å². The highest BCUT2D eigenvalue weighted by Gasteiger charge is 2.41. The van der Waals surface area contributed by atoms with Crippen LogP contribution in [0.2, 0.25) is 0 Å². The Kier molecular flexibility index (Phi) is 9.17. The molecule has 0 amide bonds. The first kappa shape index (κ1) is 32.7. The van der Waals surface area contributed by atoms with Crippen LogP contribution in [-0.4, -0.2) is 30.1 Å². The number of hydrogen-bond donors (Lipinski definition) is 2. The summed E-state index contributed by atoms with van der Waals surface area (Å²) < 4.78 is 129. The molecule has 1 unspecified atom stereocenters. The summed E-state index contributed by atoms with van der Waals surface area (Å²) in [7, 11) is 2.97. The van der Waals surface area contributed by atoms with Gasteiger partial charge in [-0.3, -0.25) is 5.43 Å². The lowest BCUT2D eigenvalue weighted by molar-refractivity contribution is -0.143. The first-order valence-corrected chi connectivity index (χ1v) is 13.5. The first-order valence-electron chi connectivity index (χ1n) is 13.5. The zero-order valence-electron chi connectivity index (χ0n) is 23.6. The Bertz CT molecular complexity index is 1290. The van der Waals surface area contributed by atoms with Gasteiger partial charge in [0.05, 0.1) is 22.3 Å². The number of nitrogens with zero attached hydrogens (tertiary/aromatic N) is 3. The number of nitrogens with one attached hydrogen (secondary N) is 2. The van der Waals surface area contributed by atoms with Gasteiger partial charge in [-0.25, -0.2) is 5.53 Å². The van der Waals surface area contributed by atoms with Crippen molar-refractivity contribution in [3.8, 4) is 0 Å². The third-order valence-electron chi connectivity index (χ3n) is 8.03. The number of alkyl halides is 9. The van der Waals surface area contributed by atoms with E-state index in [1.54, 1.807) is 6.92 Å². The van der Waals surface area contributed by atoms with Crippen molar-refractivity contribution in [2.24, 2.45) is 11.0 Å². The van der Waals surface area contributed by atoms with Crippen LogP contribution in [0.5, 0.6) is 0 Å². The number of rotatable bonds is 7. The lowest BCUT2D eigenvalue weighted by Gasteiger charge is -2.41. The molecule has 2 aromatic rings. The molecule has 0 spiro atoms. The topological polar surface area (TPSA) is 52.1 Å². The van der Waals surface area contributed by atoms with E-state index in [1.807, 2.05) is 0 Å². The molecule has 1 fully saturated rings. The van der Waals surface area contributed by atoms with E-state index in [1.165, 1.54) is 30.2 Å². The second-order valence-corrected chi connectivity index (χ2v) is 11.0. The summed E-state index contributed by atoms with van der Waals surface area (Å²) in [6.07, 6.45) is -10.4. The molecule has 0 bridgehead atoms. The molecule has 1 aliphatic heterocycles. The van der Waals surface area contributed by atoms with Gasteiger partial charge < -0.3 is 9.64 Å². The van der Waals surface area contributed by atoms with E-state index in [0.29, 0.717) is 17.7 Å². The summed E-state index contributed by atoms with van der Waals surface area (Å²) in [5.74, 6) is -0.0450. The molecule has 0 aromatic heterocycles. The van der Waals surface area contributed by atoms with Crippen molar-refractivity contribution in [1.82, 2.24) is 21.0 Å². The number of hydrazine groups is 2. The third kappa shape index (κ3) is 7.48. The highest BCUT2D eigenvalue weighted by molar-refractivity contribution is 5.80. The van der Waals surface area contributed by atoms with Crippen LogP contribution in [0.15, 0.2) is 41.5 Å². The highest BCUT2D eigenvalue weighted by Crippen LogP contribution is 2.44. The Morgan fingerprint density at radius 1 is 0.837 bits per heavy atom. The molecule has 0 saturated heterocycles. The van der Waals surface area contributed by atoms with Gasteiger partial charge in [0.25, 0.3) is 0 Å². The van der Waals surface area contributed by atoms with Crippen LogP contribution in [0.3, 0.4) is 0 Å². The van der Waals surface area contributed by atoms with Crippen LogP contribution in [0.1, 0.15) is 72.4 Å². The fourth-order valence-corrected chi connectivity index (χ4v) is 5.74. The Balaban J connectivity index is 1.82. The molecular formula is C28H32F9N5O. The molecule has 1 aliphatic carbocycles. The number of guanidine groups is 1. The fraction of sp³-hybridized carbons (Fsp3) is 0.536. The smallest absolute Gasteiger partial charge is 0.374 e. The van der Waals surface area contributed by atoms with Crippen LogP contribution in [0.25, 0.3) is 0 Å². The summed E-state index contributed by atoms with van der Waals surface area (Å²) in [5.41, 5.74) is 0.562. The van der Waals surface area contributed by atoms with E-state index in [-0.39, 0.29) is 35.6 Å². The van der Waals surface area contributed by atoms with Crippen molar-refractivity contribution >= 4 is 5.96 Å². The maximum Gasteiger partial charge on any atom is 0.416 e. The van der Waals surface area contributed by atoms with Crippen molar-refractivity contribution in [3.63, 3.8) is 0 Å².